The number of fused-ring (bicyclic) bond motifs is 1. The number of hydrogen-bond donors (Lipinski definition) is 2. The molecule has 1 aliphatic heterocycles. The molecule has 2 N–H and O–H groups in total. The largest absolute Gasteiger partial charge is 0.465 e. The molecule has 0 bridgehead atoms. The minimum absolute atomic E-state index is 0.0292. The maximum absolute atomic E-state index is 12.0. The molecule has 0 atom stereocenters. The van der Waals surface area contributed by atoms with Crippen LogP contribution in [0.15, 0.2) is 48.7 Å². The number of nitrogens with one attached hydrogen (secondary N) is 2. The first-order valence-corrected chi connectivity index (χ1v) is 11.3. The van der Waals surface area contributed by atoms with Crippen molar-refractivity contribution in [1.82, 2.24) is 9.88 Å². The standard InChI is InChI=1S/C26H31N3O3/c1-17(2)25(30)28-22-6-4-5-19(13-22)18-9-11-29(12-10-18)16-21-15-27-24-14-20(26(31)32-3)7-8-23(21)24/h4-8,13-15,17-18,27H,9-12,16H2,1-3H3,(H,28,30). The molecule has 32 heavy (non-hydrogen) atoms. The number of methoxy groups -OCH3 is 1. The number of aromatic amines is 1. The fraction of sp³-hybridized carbons (Fsp3) is 0.385. The molecule has 4 rings (SSSR count). The van der Waals surface area contributed by atoms with E-state index in [9.17, 15) is 9.59 Å². The lowest BCUT2D eigenvalue weighted by atomic mass is 9.89. The van der Waals surface area contributed by atoms with Crippen molar-refractivity contribution in [2.45, 2.75) is 39.2 Å². The zero-order chi connectivity index (χ0) is 22.7. The van der Waals surface area contributed by atoms with Gasteiger partial charge in [0.1, 0.15) is 0 Å². The van der Waals surface area contributed by atoms with Crippen molar-refractivity contribution < 1.29 is 14.3 Å². The maximum atomic E-state index is 12.0. The molecule has 1 fully saturated rings. The Labute approximate surface area is 188 Å². The van der Waals surface area contributed by atoms with Gasteiger partial charge in [-0.1, -0.05) is 32.0 Å². The number of ether oxygens (including phenoxy) is 1. The van der Waals surface area contributed by atoms with Gasteiger partial charge in [0.25, 0.3) is 0 Å². The van der Waals surface area contributed by atoms with Crippen LogP contribution < -0.4 is 5.32 Å². The number of amides is 1. The lowest BCUT2D eigenvalue weighted by Crippen LogP contribution is -2.32. The number of likely N-dealkylation sites (tertiary alicyclic amines) is 1. The van der Waals surface area contributed by atoms with Crippen LogP contribution in [0.5, 0.6) is 0 Å². The topological polar surface area (TPSA) is 74.4 Å². The van der Waals surface area contributed by atoms with E-state index >= 15 is 0 Å². The van der Waals surface area contributed by atoms with Crippen LogP contribution in [0.4, 0.5) is 5.69 Å². The molecule has 3 aromatic rings. The Morgan fingerprint density at radius 3 is 2.66 bits per heavy atom. The highest BCUT2D eigenvalue weighted by Crippen LogP contribution is 2.31. The number of piperidine rings is 1. The van der Waals surface area contributed by atoms with Gasteiger partial charge >= 0.3 is 5.97 Å². The Morgan fingerprint density at radius 2 is 1.94 bits per heavy atom. The molecule has 0 spiro atoms. The summed E-state index contributed by atoms with van der Waals surface area (Å²) in [6.45, 7) is 6.75. The minimum Gasteiger partial charge on any atom is -0.465 e. The smallest absolute Gasteiger partial charge is 0.337 e. The first-order valence-electron chi connectivity index (χ1n) is 11.3. The van der Waals surface area contributed by atoms with Crippen molar-refractivity contribution in [1.29, 1.82) is 0 Å². The molecule has 1 amide bonds. The highest BCUT2D eigenvalue weighted by atomic mass is 16.5. The van der Waals surface area contributed by atoms with Gasteiger partial charge in [-0.05, 0) is 67.2 Å². The Kier molecular flexibility index (Phi) is 6.61. The number of esters is 1. The van der Waals surface area contributed by atoms with Gasteiger partial charge in [0.05, 0.1) is 12.7 Å². The van der Waals surface area contributed by atoms with E-state index in [0.717, 1.165) is 49.1 Å². The number of anilines is 1. The Balaban J connectivity index is 1.37. The third-order valence-corrected chi connectivity index (χ3v) is 6.32. The van der Waals surface area contributed by atoms with E-state index in [1.54, 1.807) is 0 Å². The molecule has 1 aliphatic rings. The second-order valence-electron chi connectivity index (χ2n) is 8.89. The average molecular weight is 434 g/mol. The molecule has 6 nitrogen and oxygen atoms in total. The molecule has 0 unspecified atom stereocenters. The molecule has 2 heterocycles. The number of hydrogen-bond acceptors (Lipinski definition) is 4. The lowest BCUT2D eigenvalue weighted by Gasteiger charge is -2.32. The Hall–Kier alpha value is -3.12. The highest BCUT2D eigenvalue weighted by Gasteiger charge is 2.22. The number of benzene rings is 2. The van der Waals surface area contributed by atoms with Crippen LogP contribution in [0, 0.1) is 5.92 Å². The first-order chi connectivity index (χ1) is 15.4. The summed E-state index contributed by atoms with van der Waals surface area (Å²) in [7, 11) is 1.40. The van der Waals surface area contributed by atoms with E-state index in [1.807, 2.05) is 50.4 Å². The lowest BCUT2D eigenvalue weighted by molar-refractivity contribution is -0.118. The van der Waals surface area contributed by atoms with E-state index < -0.39 is 0 Å². The molecular formula is C26H31N3O3. The number of carbonyl (C=O) groups excluding carboxylic acids is 2. The van der Waals surface area contributed by atoms with Crippen LogP contribution in [0.1, 0.15) is 54.1 Å². The van der Waals surface area contributed by atoms with Crippen molar-refractivity contribution in [3.05, 3.63) is 65.4 Å². The Morgan fingerprint density at radius 1 is 1.16 bits per heavy atom. The fourth-order valence-corrected chi connectivity index (χ4v) is 4.38. The van der Waals surface area contributed by atoms with Crippen LogP contribution in [0.3, 0.4) is 0 Å². The van der Waals surface area contributed by atoms with E-state index in [0.29, 0.717) is 11.5 Å². The van der Waals surface area contributed by atoms with Crippen LogP contribution in [0.2, 0.25) is 0 Å². The summed E-state index contributed by atoms with van der Waals surface area (Å²) in [5.74, 6) is 0.207. The maximum Gasteiger partial charge on any atom is 0.337 e. The number of nitrogens with zero attached hydrogens (tertiary/aromatic N) is 1. The third-order valence-electron chi connectivity index (χ3n) is 6.32. The second-order valence-corrected chi connectivity index (χ2v) is 8.89. The summed E-state index contributed by atoms with van der Waals surface area (Å²) in [4.78, 5) is 29.6. The molecule has 1 saturated heterocycles. The van der Waals surface area contributed by atoms with Crippen molar-refractivity contribution in [2.75, 3.05) is 25.5 Å². The predicted octanol–water partition coefficient (Wildman–Crippen LogP) is 4.93. The van der Waals surface area contributed by atoms with Crippen LogP contribution >= 0.6 is 0 Å². The molecule has 0 aliphatic carbocycles. The summed E-state index contributed by atoms with van der Waals surface area (Å²) < 4.78 is 4.81. The summed E-state index contributed by atoms with van der Waals surface area (Å²) >= 11 is 0. The van der Waals surface area contributed by atoms with Gasteiger partial charge < -0.3 is 15.0 Å². The summed E-state index contributed by atoms with van der Waals surface area (Å²) in [5.41, 5.74) is 4.94. The normalized spacial score (nSPS) is 15.2. The molecule has 0 radical (unpaired) electrons. The van der Waals surface area contributed by atoms with Gasteiger partial charge in [-0.25, -0.2) is 4.79 Å². The molecule has 2 aromatic carbocycles. The monoisotopic (exact) mass is 433 g/mol. The van der Waals surface area contributed by atoms with Gasteiger partial charge in [0.2, 0.25) is 5.91 Å². The number of rotatable bonds is 6. The van der Waals surface area contributed by atoms with Crippen LogP contribution in [0.25, 0.3) is 10.9 Å². The second kappa shape index (κ2) is 9.57. The van der Waals surface area contributed by atoms with E-state index in [2.05, 4.69) is 27.3 Å². The number of carbonyl (C=O) groups is 2. The molecule has 168 valence electrons. The van der Waals surface area contributed by atoms with Crippen molar-refractivity contribution in [2.24, 2.45) is 5.92 Å². The zero-order valence-corrected chi connectivity index (χ0v) is 19.0. The highest BCUT2D eigenvalue weighted by molar-refractivity contribution is 5.95. The van der Waals surface area contributed by atoms with Gasteiger partial charge in [-0.15, -0.1) is 0 Å². The van der Waals surface area contributed by atoms with Crippen LogP contribution in [-0.4, -0.2) is 42.0 Å². The number of aromatic nitrogens is 1. The number of H-pyrrole nitrogens is 1. The van der Waals surface area contributed by atoms with Crippen LogP contribution in [-0.2, 0) is 16.1 Å². The van der Waals surface area contributed by atoms with E-state index in [-0.39, 0.29) is 17.8 Å². The zero-order valence-electron chi connectivity index (χ0n) is 19.0. The van der Waals surface area contributed by atoms with Crippen molar-refractivity contribution >= 4 is 28.5 Å². The molecule has 6 heteroatoms. The summed E-state index contributed by atoms with van der Waals surface area (Å²) in [6, 6.07) is 14.0. The Bertz CT molecular complexity index is 1110. The van der Waals surface area contributed by atoms with Gasteiger partial charge in [0.15, 0.2) is 0 Å². The van der Waals surface area contributed by atoms with E-state index in [1.165, 1.54) is 18.2 Å². The van der Waals surface area contributed by atoms with E-state index in [4.69, 9.17) is 4.74 Å². The summed E-state index contributed by atoms with van der Waals surface area (Å²) in [6.07, 6.45) is 4.23. The van der Waals surface area contributed by atoms with Crippen molar-refractivity contribution in [3.8, 4) is 0 Å². The predicted molar refractivity (Wildman–Crippen MR) is 127 cm³/mol. The fourth-order valence-electron chi connectivity index (χ4n) is 4.38. The molecule has 1 aromatic heterocycles. The van der Waals surface area contributed by atoms with Gasteiger partial charge in [-0.2, -0.15) is 0 Å². The van der Waals surface area contributed by atoms with Crippen molar-refractivity contribution in [3.63, 3.8) is 0 Å². The summed E-state index contributed by atoms with van der Waals surface area (Å²) in [5, 5.41) is 4.16. The third kappa shape index (κ3) is 4.86. The minimum atomic E-state index is -0.321. The molecular weight excluding hydrogens is 402 g/mol. The molecule has 0 saturated carbocycles. The first kappa shape index (κ1) is 22.1. The van der Waals surface area contributed by atoms with Gasteiger partial charge in [0, 0.05) is 35.2 Å². The average Bonchev–Trinajstić information content (AvgIpc) is 3.21. The SMILES string of the molecule is COC(=O)c1ccc2c(CN3CCC(c4cccc(NC(=O)C(C)C)c4)CC3)c[nH]c2c1. The van der Waals surface area contributed by atoms with Gasteiger partial charge in [-0.3, -0.25) is 9.69 Å². The quantitative estimate of drug-likeness (QED) is 0.541.